The van der Waals surface area contributed by atoms with E-state index in [0.717, 1.165) is 5.56 Å². The first-order chi connectivity index (χ1) is 12.7. The van der Waals surface area contributed by atoms with E-state index in [1.165, 1.54) is 17.2 Å². The van der Waals surface area contributed by atoms with Gasteiger partial charge in [-0.3, -0.25) is 9.59 Å². The van der Waals surface area contributed by atoms with Crippen LogP contribution in [0.15, 0.2) is 30.5 Å². The normalized spacial score (nSPS) is 12.4. The van der Waals surface area contributed by atoms with E-state index in [0.29, 0.717) is 36.3 Å². The van der Waals surface area contributed by atoms with Crippen LogP contribution < -0.4 is 5.73 Å². The van der Waals surface area contributed by atoms with Crippen LogP contribution >= 0.6 is 0 Å². The fourth-order valence-corrected chi connectivity index (χ4v) is 2.34. The summed E-state index contributed by atoms with van der Waals surface area (Å²) in [7, 11) is 1.64. The molecule has 1 atom stereocenters. The molecule has 140 valence electrons. The standard InChI is InChI=1S/C20H22N4O3/c1-14-10-15(4-6-20(2,27)7-9-24(3)13-25)12-16(11-14)19-22-8-5-17(23-19)18(21)26/h5,8,10-13,27H,7,9H2,1-3H3,(H2,21,26). The number of amides is 2. The van der Waals surface area contributed by atoms with Gasteiger partial charge < -0.3 is 15.7 Å². The van der Waals surface area contributed by atoms with Crippen molar-refractivity contribution >= 4 is 12.3 Å². The lowest BCUT2D eigenvalue weighted by Gasteiger charge is -2.19. The van der Waals surface area contributed by atoms with E-state index in [-0.39, 0.29) is 5.69 Å². The molecule has 27 heavy (non-hydrogen) atoms. The fraction of sp³-hybridized carbons (Fsp3) is 0.300. The highest BCUT2D eigenvalue weighted by Gasteiger charge is 2.17. The number of benzene rings is 1. The SMILES string of the molecule is Cc1cc(C#CC(C)(O)CCN(C)C=O)cc(-c2nccc(C(N)=O)n2)c1. The maximum absolute atomic E-state index is 11.3. The molecule has 0 aliphatic carbocycles. The molecule has 0 radical (unpaired) electrons. The number of primary amides is 1. The first-order valence-electron chi connectivity index (χ1n) is 8.36. The number of aromatic nitrogens is 2. The van der Waals surface area contributed by atoms with Crippen LogP contribution in [0, 0.1) is 18.8 Å². The quantitative estimate of drug-likeness (QED) is 0.588. The minimum atomic E-state index is -1.23. The van der Waals surface area contributed by atoms with E-state index in [9.17, 15) is 14.7 Å². The molecule has 0 bridgehead atoms. The third kappa shape index (κ3) is 5.90. The minimum Gasteiger partial charge on any atom is -0.378 e. The average Bonchev–Trinajstić information content (AvgIpc) is 2.64. The van der Waals surface area contributed by atoms with E-state index in [2.05, 4.69) is 21.8 Å². The molecule has 1 aromatic heterocycles. The number of aryl methyl sites for hydroxylation is 1. The Hall–Kier alpha value is -3.24. The maximum atomic E-state index is 11.3. The van der Waals surface area contributed by atoms with Crippen LogP contribution in [-0.2, 0) is 4.79 Å². The highest BCUT2D eigenvalue weighted by atomic mass is 16.3. The van der Waals surface area contributed by atoms with E-state index < -0.39 is 11.5 Å². The molecule has 2 aromatic rings. The summed E-state index contributed by atoms with van der Waals surface area (Å²) in [5.74, 6) is 5.55. The number of rotatable bonds is 6. The van der Waals surface area contributed by atoms with Gasteiger partial charge in [0.15, 0.2) is 5.82 Å². The van der Waals surface area contributed by atoms with Gasteiger partial charge in [0.1, 0.15) is 11.3 Å². The maximum Gasteiger partial charge on any atom is 0.267 e. The summed E-state index contributed by atoms with van der Waals surface area (Å²) in [6.45, 7) is 3.91. The van der Waals surface area contributed by atoms with Crippen molar-refractivity contribution < 1.29 is 14.7 Å². The van der Waals surface area contributed by atoms with Crippen molar-refractivity contribution in [3.05, 3.63) is 47.3 Å². The van der Waals surface area contributed by atoms with Gasteiger partial charge in [0.2, 0.25) is 6.41 Å². The number of nitrogens with two attached hydrogens (primary N) is 1. The van der Waals surface area contributed by atoms with Crippen molar-refractivity contribution in [2.45, 2.75) is 25.9 Å². The van der Waals surface area contributed by atoms with Gasteiger partial charge in [0.05, 0.1) is 0 Å². The molecule has 0 saturated heterocycles. The molecule has 0 saturated carbocycles. The van der Waals surface area contributed by atoms with Gasteiger partial charge in [0.25, 0.3) is 5.91 Å². The first-order valence-corrected chi connectivity index (χ1v) is 8.36. The van der Waals surface area contributed by atoms with Crippen LogP contribution in [0.25, 0.3) is 11.4 Å². The molecule has 2 rings (SSSR count). The van der Waals surface area contributed by atoms with Crippen molar-refractivity contribution in [3.8, 4) is 23.2 Å². The summed E-state index contributed by atoms with van der Waals surface area (Å²) in [6, 6.07) is 6.99. The fourth-order valence-electron chi connectivity index (χ4n) is 2.34. The highest BCUT2D eigenvalue weighted by Crippen LogP contribution is 2.19. The summed E-state index contributed by atoms with van der Waals surface area (Å²) >= 11 is 0. The number of carbonyl (C=O) groups is 2. The molecule has 0 fully saturated rings. The number of hydrogen-bond acceptors (Lipinski definition) is 5. The molecular formula is C20H22N4O3. The number of hydrogen-bond donors (Lipinski definition) is 2. The first kappa shape index (κ1) is 20.1. The van der Waals surface area contributed by atoms with Gasteiger partial charge >= 0.3 is 0 Å². The Morgan fingerprint density at radius 2 is 2.15 bits per heavy atom. The van der Waals surface area contributed by atoms with Crippen molar-refractivity contribution in [2.75, 3.05) is 13.6 Å². The van der Waals surface area contributed by atoms with Gasteiger partial charge in [-0.25, -0.2) is 9.97 Å². The summed E-state index contributed by atoms with van der Waals surface area (Å²) in [4.78, 5) is 31.8. The Morgan fingerprint density at radius 1 is 1.41 bits per heavy atom. The van der Waals surface area contributed by atoms with Crippen LogP contribution in [0.4, 0.5) is 0 Å². The second-order valence-electron chi connectivity index (χ2n) is 6.58. The Bertz CT molecular complexity index is 913. The van der Waals surface area contributed by atoms with Crippen LogP contribution in [0.1, 0.15) is 35.0 Å². The summed E-state index contributed by atoms with van der Waals surface area (Å²) in [5, 5.41) is 10.4. The van der Waals surface area contributed by atoms with Crippen LogP contribution in [-0.4, -0.2) is 51.5 Å². The Kier molecular flexibility index (Phi) is 6.27. The Balaban J connectivity index is 2.30. The lowest BCUT2D eigenvalue weighted by Crippen LogP contribution is -2.29. The van der Waals surface area contributed by atoms with Gasteiger partial charge in [-0.2, -0.15) is 0 Å². The van der Waals surface area contributed by atoms with Crippen molar-refractivity contribution in [1.82, 2.24) is 14.9 Å². The smallest absolute Gasteiger partial charge is 0.267 e. The molecule has 0 aliphatic heterocycles. The van der Waals surface area contributed by atoms with Gasteiger partial charge in [-0.1, -0.05) is 11.8 Å². The zero-order valence-corrected chi connectivity index (χ0v) is 15.6. The molecule has 7 heteroatoms. The molecule has 1 heterocycles. The number of nitrogens with zero attached hydrogens (tertiary/aromatic N) is 3. The summed E-state index contributed by atoms with van der Waals surface area (Å²) in [5.41, 5.74) is 6.49. The Morgan fingerprint density at radius 3 is 2.81 bits per heavy atom. The topological polar surface area (TPSA) is 109 Å². The second kappa shape index (κ2) is 8.43. The van der Waals surface area contributed by atoms with E-state index >= 15 is 0 Å². The van der Waals surface area contributed by atoms with Crippen molar-refractivity contribution in [2.24, 2.45) is 5.73 Å². The van der Waals surface area contributed by atoms with Gasteiger partial charge in [0, 0.05) is 37.3 Å². The molecule has 1 aromatic carbocycles. The highest BCUT2D eigenvalue weighted by molar-refractivity contribution is 5.91. The predicted molar refractivity (Wildman–Crippen MR) is 102 cm³/mol. The average molecular weight is 366 g/mol. The molecule has 3 N–H and O–H groups in total. The van der Waals surface area contributed by atoms with E-state index in [1.54, 1.807) is 20.0 Å². The van der Waals surface area contributed by atoms with Crippen LogP contribution in [0.5, 0.6) is 0 Å². The number of carbonyl (C=O) groups excluding carboxylic acids is 2. The predicted octanol–water partition coefficient (Wildman–Crippen LogP) is 1.13. The summed E-state index contributed by atoms with van der Waals surface area (Å²) < 4.78 is 0. The van der Waals surface area contributed by atoms with Gasteiger partial charge in [-0.15, -0.1) is 0 Å². The molecular weight excluding hydrogens is 344 g/mol. The minimum absolute atomic E-state index is 0.136. The summed E-state index contributed by atoms with van der Waals surface area (Å²) in [6.07, 6.45) is 2.51. The zero-order chi connectivity index (χ0) is 20.0. The zero-order valence-electron chi connectivity index (χ0n) is 15.6. The molecule has 7 nitrogen and oxygen atoms in total. The molecule has 0 aliphatic rings. The third-order valence-electron chi connectivity index (χ3n) is 3.85. The number of aliphatic hydroxyl groups is 1. The molecule has 0 spiro atoms. The monoisotopic (exact) mass is 366 g/mol. The van der Waals surface area contributed by atoms with E-state index in [4.69, 9.17) is 5.73 Å². The lowest BCUT2D eigenvalue weighted by atomic mass is 10.0. The lowest BCUT2D eigenvalue weighted by molar-refractivity contribution is -0.117. The largest absolute Gasteiger partial charge is 0.378 e. The van der Waals surface area contributed by atoms with Crippen LogP contribution in [0.3, 0.4) is 0 Å². The molecule has 2 amide bonds. The van der Waals surface area contributed by atoms with E-state index in [1.807, 2.05) is 19.1 Å². The second-order valence-corrected chi connectivity index (χ2v) is 6.58. The van der Waals surface area contributed by atoms with Crippen molar-refractivity contribution in [1.29, 1.82) is 0 Å². The Labute approximate surface area is 158 Å². The third-order valence-corrected chi connectivity index (χ3v) is 3.85. The van der Waals surface area contributed by atoms with Crippen molar-refractivity contribution in [3.63, 3.8) is 0 Å². The molecule has 1 unspecified atom stereocenters. The van der Waals surface area contributed by atoms with Gasteiger partial charge in [-0.05, 0) is 43.7 Å². The van der Waals surface area contributed by atoms with Crippen LogP contribution in [0.2, 0.25) is 0 Å².